The van der Waals surface area contributed by atoms with E-state index in [1.807, 2.05) is 6.92 Å². The second-order valence-corrected chi connectivity index (χ2v) is 13.1. The Labute approximate surface area is 246 Å². The fourth-order valence-electron chi connectivity index (χ4n) is 4.93. The molecule has 11 heteroatoms. The van der Waals surface area contributed by atoms with Gasteiger partial charge in [-0.25, -0.2) is 8.42 Å². The summed E-state index contributed by atoms with van der Waals surface area (Å²) >= 11 is 18.6. The molecule has 1 saturated carbocycles. The summed E-state index contributed by atoms with van der Waals surface area (Å²) in [5.41, 5.74) is 1.11. The van der Waals surface area contributed by atoms with Gasteiger partial charge in [0, 0.05) is 40.6 Å². The van der Waals surface area contributed by atoms with Gasteiger partial charge in [-0.2, -0.15) is 0 Å². The second kappa shape index (κ2) is 14.6. The zero-order valence-electron chi connectivity index (χ0n) is 22.3. The van der Waals surface area contributed by atoms with Gasteiger partial charge >= 0.3 is 0 Å². The summed E-state index contributed by atoms with van der Waals surface area (Å²) < 4.78 is 26.2. The van der Waals surface area contributed by atoms with Gasteiger partial charge in [-0.1, -0.05) is 73.1 Å². The van der Waals surface area contributed by atoms with E-state index < -0.39 is 16.1 Å². The van der Waals surface area contributed by atoms with Crippen molar-refractivity contribution in [3.05, 3.63) is 63.1 Å². The van der Waals surface area contributed by atoms with Crippen LogP contribution in [0.15, 0.2) is 42.5 Å². The first-order valence-corrected chi connectivity index (χ1v) is 16.2. The number of benzene rings is 2. The average molecular weight is 617 g/mol. The SMILES string of the molecule is CC[C@H](C(=O)NC1CCCCC1)N(Cc1ccc(Cl)cc1Cl)C(=O)CCCN(c1cccc(Cl)c1)S(C)(=O)=O. The molecule has 1 fully saturated rings. The molecule has 1 aliphatic rings. The summed E-state index contributed by atoms with van der Waals surface area (Å²) in [5, 5.41) is 4.45. The van der Waals surface area contributed by atoms with Crippen LogP contribution < -0.4 is 9.62 Å². The number of anilines is 1. The molecule has 7 nitrogen and oxygen atoms in total. The van der Waals surface area contributed by atoms with E-state index in [4.69, 9.17) is 34.8 Å². The molecule has 0 bridgehead atoms. The van der Waals surface area contributed by atoms with E-state index in [-0.39, 0.29) is 43.8 Å². The minimum atomic E-state index is -3.61. The minimum Gasteiger partial charge on any atom is -0.352 e. The van der Waals surface area contributed by atoms with Crippen molar-refractivity contribution in [2.45, 2.75) is 76.9 Å². The number of nitrogens with one attached hydrogen (secondary N) is 1. The highest BCUT2D eigenvalue weighted by Crippen LogP contribution is 2.26. The van der Waals surface area contributed by atoms with E-state index in [9.17, 15) is 18.0 Å². The molecule has 214 valence electrons. The van der Waals surface area contributed by atoms with Crippen molar-refractivity contribution in [1.29, 1.82) is 0 Å². The molecule has 1 aliphatic carbocycles. The molecule has 1 N–H and O–H groups in total. The molecule has 0 unspecified atom stereocenters. The largest absolute Gasteiger partial charge is 0.352 e. The highest BCUT2D eigenvalue weighted by molar-refractivity contribution is 7.92. The van der Waals surface area contributed by atoms with Crippen LogP contribution in [0.25, 0.3) is 0 Å². The number of rotatable bonds is 12. The molecule has 2 aromatic carbocycles. The highest BCUT2D eigenvalue weighted by Gasteiger charge is 2.31. The Kier molecular flexibility index (Phi) is 11.8. The molecule has 2 aromatic rings. The number of carbonyl (C=O) groups excluding carboxylic acids is 2. The molecular weight excluding hydrogens is 581 g/mol. The molecular formula is C28H36Cl3N3O4S. The summed E-state index contributed by atoms with van der Waals surface area (Å²) in [4.78, 5) is 28.6. The van der Waals surface area contributed by atoms with Crippen molar-refractivity contribution in [1.82, 2.24) is 10.2 Å². The summed E-state index contributed by atoms with van der Waals surface area (Å²) in [6, 6.07) is 11.0. The van der Waals surface area contributed by atoms with Crippen molar-refractivity contribution in [2.75, 3.05) is 17.1 Å². The van der Waals surface area contributed by atoms with Crippen LogP contribution in [0, 0.1) is 0 Å². The first kappa shape index (κ1) is 31.5. The van der Waals surface area contributed by atoms with Gasteiger partial charge in [0.1, 0.15) is 6.04 Å². The summed E-state index contributed by atoms with van der Waals surface area (Å²) in [6.07, 6.45) is 7.04. The number of hydrogen-bond acceptors (Lipinski definition) is 4. The van der Waals surface area contributed by atoms with Gasteiger partial charge < -0.3 is 10.2 Å². The van der Waals surface area contributed by atoms with Gasteiger partial charge in [-0.3, -0.25) is 13.9 Å². The van der Waals surface area contributed by atoms with Crippen LogP contribution >= 0.6 is 34.8 Å². The monoisotopic (exact) mass is 615 g/mol. The van der Waals surface area contributed by atoms with Crippen molar-refractivity contribution in [3.63, 3.8) is 0 Å². The fourth-order valence-corrected chi connectivity index (χ4v) is 6.54. The molecule has 0 aromatic heterocycles. The molecule has 0 spiro atoms. The van der Waals surface area contributed by atoms with Crippen LogP contribution in [-0.4, -0.2) is 50.0 Å². The maximum absolute atomic E-state index is 13.6. The lowest BCUT2D eigenvalue weighted by Crippen LogP contribution is -2.51. The molecule has 3 rings (SSSR count). The van der Waals surface area contributed by atoms with Crippen LogP contribution in [0.1, 0.15) is 63.9 Å². The lowest BCUT2D eigenvalue weighted by atomic mass is 9.95. The number of sulfonamides is 1. The zero-order valence-corrected chi connectivity index (χ0v) is 25.4. The quantitative estimate of drug-likeness (QED) is 0.297. The van der Waals surface area contributed by atoms with Crippen LogP contribution in [0.5, 0.6) is 0 Å². The molecule has 0 radical (unpaired) electrons. The van der Waals surface area contributed by atoms with Gasteiger partial charge in [-0.05, 0) is 61.6 Å². The van der Waals surface area contributed by atoms with Gasteiger partial charge in [0.05, 0.1) is 11.9 Å². The van der Waals surface area contributed by atoms with Gasteiger partial charge in [0.25, 0.3) is 0 Å². The van der Waals surface area contributed by atoms with E-state index in [2.05, 4.69) is 5.32 Å². The number of halogens is 3. The van der Waals surface area contributed by atoms with Crippen LogP contribution in [-0.2, 0) is 26.2 Å². The van der Waals surface area contributed by atoms with Crippen molar-refractivity contribution in [2.24, 2.45) is 0 Å². The number of carbonyl (C=O) groups is 2. The Hall–Kier alpha value is -2.00. The lowest BCUT2D eigenvalue weighted by molar-refractivity contribution is -0.141. The highest BCUT2D eigenvalue weighted by atomic mass is 35.5. The zero-order chi connectivity index (χ0) is 28.6. The maximum atomic E-state index is 13.6. The van der Waals surface area contributed by atoms with Crippen LogP contribution in [0.2, 0.25) is 15.1 Å². The summed E-state index contributed by atoms with van der Waals surface area (Å²) in [6.45, 7) is 2.10. The lowest BCUT2D eigenvalue weighted by Gasteiger charge is -2.33. The third kappa shape index (κ3) is 9.27. The van der Waals surface area contributed by atoms with E-state index in [1.165, 1.54) is 10.7 Å². The molecule has 0 heterocycles. The molecule has 2 amide bonds. The molecule has 0 saturated heterocycles. The van der Waals surface area contributed by atoms with Gasteiger partial charge in [-0.15, -0.1) is 0 Å². The van der Waals surface area contributed by atoms with E-state index >= 15 is 0 Å². The smallest absolute Gasteiger partial charge is 0.243 e. The number of hydrogen-bond donors (Lipinski definition) is 1. The van der Waals surface area contributed by atoms with Crippen molar-refractivity contribution < 1.29 is 18.0 Å². The van der Waals surface area contributed by atoms with Gasteiger partial charge in [0.2, 0.25) is 21.8 Å². The van der Waals surface area contributed by atoms with Crippen LogP contribution in [0.4, 0.5) is 5.69 Å². The third-order valence-electron chi connectivity index (χ3n) is 6.94. The summed E-state index contributed by atoms with van der Waals surface area (Å²) in [5.74, 6) is -0.439. The molecule has 39 heavy (non-hydrogen) atoms. The van der Waals surface area contributed by atoms with Crippen molar-refractivity contribution in [3.8, 4) is 0 Å². The first-order valence-electron chi connectivity index (χ1n) is 13.3. The van der Waals surface area contributed by atoms with E-state index in [0.29, 0.717) is 32.7 Å². The topological polar surface area (TPSA) is 86.8 Å². The minimum absolute atomic E-state index is 0.0466. The number of nitrogens with zero attached hydrogens (tertiary/aromatic N) is 2. The maximum Gasteiger partial charge on any atom is 0.243 e. The Morgan fingerprint density at radius 3 is 2.33 bits per heavy atom. The second-order valence-electron chi connectivity index (χ2n) is 9.94. The fraction of sp³-hybridized carbons (Fsp3) is 0.500. The van der Waals surface area contributed by atoms with Crippen LogP contribution in [0.3, 0.4) is 0 Å². The Morgan fingerprint density at radius 1 is 1.03 bits per heavy atom. The third-order valence-corrected chi connectivity index (χ3v) is 8.96. The summed E-state index contributed by atoms with van der Waals surface area (Å²) in [7, 11) is -3.61. The van der Waals surface area contributed by atoms with Crippen molar-refractivity contribution >= 4 is 62.3 Å². The Bertz CT molecular complexity index is 1250. The Morgan fingerprint density at radius 2 is 1.72 bits per heavy atom. The van der Waals surface area contributed by atoms with E-state index in [0.717, 1.165) is 31.9 Å². The van der Waals surface area contributed by atoms with E-state index in [1.54, 1.807) is 47.4 Å². The predicted molar refractivity (Wildman–Crippen MR) is 159 cm³/mol. The Balaban J connectivity index is 1.78. The molecule has 0 aliphatic heterocycles. The first-order chi connectivity index (χ1) is 18.5. The normalized spacial score (nSPS) is 15.0. The predicted octanol–water partition coefficient (Wildman–Crippen LogP) is 6.45. The molecule has 1 atom stereocenters. The standard InChI is InChI=1S/C28H36Cl3N3O4S/c1-3-26(28(36)32-23-10-5-4-6-11-23)33(19-20-14-15-22(30)18-25(20)31)27(35)13-8-16-34(39(2,37)38)24-12-7-9-21(29)17-24/h7,9,12,14-15,17-18,23,26H,3-6,8,10-11,13,16,19H2,1-2H3,(H,32,36)/t26-/m1/s1. The van der Waals surface area contributed by atoms with Gasteiger partial charge in [0.15, 0.2) is 0 Å². The number of amides is 2. The average Bonchev–Trinajstić information content (AvgIpc) is 2.87.